The first-order valence-electron chi connectivity index (χ1n) is 13.1. The zero-order valence-corrected chi connectivity index (χ0v) is 21.9. The summed E-state index contributed by atoms with van der Waals surface area (Å²) < 4.78 is 14.9. The Balaban J connectivity index is 1.40. The first-order chi connectivity index (χ1) is 19.0. The SMILES string of the molecule is CCC=C/C=C(/c1ccccc1F)c1cc(-c2n[nH]c3ccc(-c4cncc(N5CC(N)C5)n4)cc23)[nH]c1C. The van der Waals surface area contributed by atoms with Crippen molar-refractivity contribution in [1.29, 1.82) is 0 Å². The van der Waals surface area contributed by atoms with Gasteiger partial charge in [0.25, 0.3) is 0 Å². The number of halogens is 1. The molecule has 3 aromatic heterocycles. The lowest BCUT2D eigenvalue weighted by Crippen LogP contribution is -2.56. The maximum atomic E-state index is 14.9. The van der Waals surface area contributed by atoms with Gasteiger partial charge in [0.15, 0.2) is 0 Å². The van der Waals surface area contributed by atoms with Gasteiger partial charge in [-0.15, -0.1) is 0 Å². The molecule has 7 nitrogen and oxygen atoms in total. The van der Waals surface area contributed by atoms with Gasteiger partial charge < -0.3 is 15.6 Å². The van der Waals surface area contributed by atoms with E-state index in [0.29, 0.717) is 5.56 Å². The Morgan fingerprint density at radius 1 is 1.13 bits per heavy atom. The molecule has 1 fully saturated rings. The Morgan fingerprint density at radius 2 is 1.97 bits per heavy atom. The number of benzene rings is 2. The van der Waals surface area contributed by atoms with Crippen LogP contribution in [0.5, 0.6) is 0 Å². The van der Waals surface area contributed by atoms with E-state index in [4.69, 9.17) is 10.7 Å². The molecule has 0 saturated carbocycles. The Labute approximate surface area is 226 Å². The van der Waals surface area contributed by atoms with E-state index in [9.17, 15) is 4.39 Å². The summed E-state index contributed by atoms with van der Waals surface area (Å²) in [5, 5.41) is 8.74. The number of anilines is 1. The van der Waals surface area contributed by atoms with Crippen LogP contribution in [0.2, 0.25) is 0 Å². The van der Waals surface area contributed by atoms with E-state index in [0.717, 1.165) is 75.7 Å². The minimum absolute atomic E-state index is 0.186. The number of nitrogens with zero attached hydrogens (tertiary/aromatic N) is 4. The van der Waals surface area contributed by atoms with Crippen LogP contribution in [-0.2, 0) is 0 Å². The van der Waals surface area contributed by atoms with Crippen molar-refractivity contribution in [3.8, 4) is 22.6 Å². The molecular weight excluding hydrogens is 489 g/mol. The van der Waals surface area contributed by atoms with Crippen LogP contribution in [0, 0.1) is 12.7 Å². The van der Waals surface area contributed by atoms with Crippen molar-refractivity contribution < 1.29 is 4.39 Å². The fourth-order valence-corrected chi connectivity index (χ4v) is 5.00. The average molecular weight is 520 g/mol. The van der Waals surface area contributed by atoms with E-state index in [1.807, 2.05) is 49.4 Å². The molecule has 0 amide bonds. The second kappa shape index (κ2) is 10.3. The highest BCUT2D eigenvalue weighted by atomic mass is 19.1. The fourth-order valence-electron chi connectivity index (χ4n) is 5.00. The van der Waals surface area contributed by atoms with Gasteiger partial charge in [-0.3, -0.25) is 10.1 Å². The predicted molar refractivity (Wildman–Crippen MR) is 155 cm³/mol. The Morgan fingerprint density at radius 3 is 2.77 bits per heavy atom. The first-order valence-corrected chi connectivity index (χ1v) is 13.1. The van der Waals surface area contributed by atoms with Crippen LogP contribution in [0.25, 0.3) is 39.1 Å². The molecule has 0 spiro atoms. The molecule has 0 atom stereocenters. The number of hydrogen-bond acceptors (Lipinski definition) is 5. The van der Waals surface area contributed by atoms with Gasteiger partial charge in [-0.2, -0.15) is 5.10 Å². The normalized spacial score (nSPS) is 14.5. The summed E-state index contributed by atoms with van der Waals surface area (Å²) in [7, 11) is 0. The molecule has 6 rings (SSSR count). The topological polar surface area (TPSA) is 99.5 Å². The van der Waals surface area contributed by atoms with Gasteiger partial charge in [-0.05, 0) is 43.2 Å². The van der Waals surface area contributed by atoms with Crippen LogP contribution >= 0.6 is 0 Å². The molecular formula is C31H30FN7. The van der Waals surface area contributed by atoms with Crippen LogP contribution in [0.4, 0.5) is 10.2 Å². The maximum absolute atomic E-state index is 14.9. The maximum Gasteiger partial charge on any atom is 0.147 e. The summed E-state index contributed by atoms with van der Waals surface area (Å²) in [6.45, 7) is 5.65. The summed E-state index contributed by atoms with van der Waals surface area (Å²) in [6, 6.07) is 15.2. The smallest absolute Gasteiger partial charge is 0.147 e. The van der Waals surface area contributed by atoms with Gasteiger partial charge in [-0.1, -0.05) is 49.4 Å². The Bertz CT molecular complexity index is 1710. The molecule has 4 N–H and O–H groups in total. The number of allylic oxidation sites excluding steroid dienone is 3. The molecule has 2 aromatic carbocycles. The minimum atomic E-state index is -0.255. The van der Waals surface area contributed by atoms with E-state index in [-0.39, 0.29) is 11.9 Å². The second-order valence-electron chi connectivity index (χ2n) is 9.88. The highest BCUT2D eigenvalue weighted by Crippen LogP contribution is 2.35. The summed E-state index contributed by atoms with van der Waals surface area (Å²) in [6.07, 6.45) is 10.5. The van der Waals surface area contributed by atoms with Crippen LogP contribution in [0.1, 0.15) is 30.2 Å². The fraction of sp³-hybridized carbons (Fsp3) is 0.194. The molecule has 39 heavy (non-hydrogen) atoms. The number of aromatic amines is 2. The number of aryl methyl sites for hydroxylation is 1. The largest absolute Gasteiger partial charge is 0.357 e. The van der Waals surface area contributed by atoms with Crippen molar-refractivity contribution in [2.45, 2.75) is 26.3 Å². The molecule has 1 aliphatic heterocycles. The molecule has 0 unspecified atom stereocenters. The molecule has 8 heteroatoms. The van der Waals surface area contributed by atoms with Gasteiger partial charge in [0.05, 0.1) is 29.3 Å². The minimum Gasteiger partial charge on any atom is -0.357 e. The first kappa shape index (κ1) is 24.8. The molecule has 0 aliphatic carbocycles. The quantitative estimate of drug-likeness (QED) is 0.229. The number of aromatic nitrogens is 5. The van der Waals surface area contributed by atoms with E-state index >= 15 is 0 Å². The number of hydrogen-bond donors (Lipinski definition) is 3. The van der Waals surface area contributed by atoms with E-state index < -0.39 is 0 Å². The molecule has 1 saturated heterocycles. The van der Waals surface area contributed by atoms with Crippen LogP contribution in [-0.4, -0.2) is 44.3 Å². The van der Waals surface area contributed by atoms with Gasteiger partial charge in [-0.25, -0.2) is 9.37 Å². The summed E-state index contributed by atoms with van der Waals surface area (Å²) in [4.78, 5) is 14.9. The van der Waals surface area contributed by atoms with E-state index in [1.165, 1.54) is 6.07 Å². The standard InChI is InChI=1S/C31H30FN7/c1-3-4-5-8-22(23-9-6-7-10-26(23)32)24-14-28(35-19(24)2)31-25-13-20(11-12-27(25)37-38-31)29-15-34-16-30(36-29)39-17-21(33)18-39/h4-16,21,35H,3,17-18,33H2,1-2H3,(H,37,38)/b5-4?,22-8-. The highest BCUT2D eigenvalue weighted by Gasteiger charge is 2.25. The second-order valence-corrected chi connectivity index (χ2v) is 9.88. The number of nitrogens with one attached hydrogen (secondary N) is 2. The van der Waals surface area contributed by atoms with Crippen molar-refractivity contribution in [2.75, 3.05) is 18.0 Å². The third kappa shape index (κ3) is 4.75. The lowest BCUT2D eigenvalue weighted by molar-refractivity contribution is 0.514. The van der Waals surface area contributed by atoms with Crippen LogP contribution < -0.4 is 10.6 Å². The summed E-state index contributed by atoms with van der Waals surface area (Å²) in [5.41, 5.74) is 13.5. The van der Waals surface area contributed by atoms with Crippen molar-refractivity contribution in [1.82, 2.24) is 25.1 Å². The molecule has 0 bridgehead atoms. The molecule has 196 valence electrons. The third-order valence-electron chi connectivity index (χ3n) is 7.07. The van der Waals surface area contributed by atoms with Crippen molar-refractivity contribution in [3.05, 3.63) is 102 Å². The summed E-state index contributed by atoms with van der Waals surface area (Å²) in [5.74, 6) is 0.574. The van der Waals surface area contributed by atoms with Crippen molar-refractivity contribution in [2.24, 2.45) is 5.73 Å². The zero-order chi connectivity index (χ0) is 26.9. The Hall–Kier alpha value is -4.56. The monoisotopic (exact) mass is 519 g/mol. The lowest BCUT2D eigenvalue weighted by atomic mass is 9.96. The predicted octanol–water partition coefficient (Wildman–Crippen LogP) is 6.01. The number of nitrogens with two attached hydrogens (primary N) is 1. The van der Waals surface area contributed by atoms with E-state index in [2.05, 4.69) is 44.1 Å². The van der Waals surface area contributed by atoms with Crippen LogP contribution in [0.3, 0.4) is 0 Å². The highest BCUT2D eigenvalue weighted by molar-refractivity contribution is 5.96. The van der Waals surface area contributed by atoms with Gasteiger partial charge in [0.2, 0.25) is 0 Å². The molecule has 0 radical (unpaired) electrons. The van der Waals surface area contributed by atoms with Crippen molar-refractivity contribution >= 4 is 22.3 Å². The summed E-state index contributed by atoms with van der Waals surface area (Å²) >= 11 is 0. The number of fused-ring (bicyclic) bond motifs is 1. The lowest BCUT2D eigenvalue weighted by Gasteiger charge is -2.37. The number of rotatable bonds is 7. The number of H-pyrrole nitrogens is 2. The molecule has 4 heterocycles. The van der Waals surface area contributed by atoms with Crippen LogP contribution in [0.15, 0.2) is 79.2 Å². The third-order valence-corrected chi connectivity index (χ3v) is 7.07. The van der Waals surface area contributed by atoms with Gasteiger partial charge in [0.1, 0.15) is 17.3 Å². The Kier molecular flexibility index (Phi) is 6.54. The van der Waals surface area contributed by atoms with E-state index in [1.54, 1.807) is 18.5 Å². The van der Waals surface area contributed by atoms with Gasteiger partial charge in [0, 0.05) is 46.9 Å². The van der Waals surface area contributed by atoms with Crippen molar-refractivity contribution in [3.63, 3.8) is 0 Å². The zero-order valence-electron chi connectivity index (χ0n) is 21.9. The molecule has 1 aliphatic rings. The average Bonchev–Trinajstić information content (AvgIpc) is 3.53. The van der Waals surface area contributed by atoms with Gasteiger partial charge >= 0.3 is 0 Å². The molecule has 5 aromatic rings.